The number of benzene rings is 1. The van der Waals surface area contributed by atoms with Gasteiger partial charge in [0.1, 0.15) is 5.82 Å². The fraction of sp³-hybridized carbons (Fsp3) is 0.467. The number of hydrogen-bond donors (Lipinski definition) is 3. The van der Waals surface area contributed by atoms with Crippen molar-refractivity contribution < 1.29 is 14.0 Å². The van der Waals surface area contributed by atoms with Gasteiger partial charge in [0.15, 0.2) is 0 Å². The number of nitrogens with one attached hydrogen (secondary N) is 3. The Bertz CT molecular complexity index is 534. The lowest BCUT2D eigenvalue weighted by atomic mass is 9.99. The average Bonchev–Trinajstić information content (AvgIpc) is 2.47. The highest BCUT2D eigenvalue weighted by Crippen LogP contribution is 2.15. The minimum Gasteiger partial charge on any atom is -0.352 e. The molecule has 1 atom stereocenters. The zero-order valence-electron chi connectivity index (χ0n) is 12.4. The summed E-state index contributed by atoms with van der Waals surface area (Å²) >= 11 is 0. The summed E-state index contributed by atoms with van der Waals surface area (Å²) in [5.74, 6) is -0.931. The highest BCUT2D eigenvalue weighted by molar-refractivity contribution is 5.97. The molecule has 3 N–H and O–H groups in total. The molecule has 2 rings (SSSR count). The Morgan fingerprint density at radius 3 is 2.82 bits per heavy atom. The second kappa shape index (κ2) is 8.70. The van der Waals surface area contributed by atoms with E-state index in [0.717, 1.165) is 25.9 Å². The maximum atomic E-state index is 13.7. The van der Waals surface area contributed by atoms with Gasteiger partial charge in [0, 0.05) is 19.2 Å². The van der Waals surface area contributed by atoms with Crippen LogP contribution in [0.3, 0.4) is 0 Å². The third-order valence-electron chi connectivity index (χ3n) is 3.48. The van der Waals surface area contributed by atoms with E-state index in [0.29, 0.717) is 18.2 Å². The van der Waals surface area contributed by atoms with Gasteiger partial charge in [-0.2, -0.15) is 0 Å². The molecule has 1 saturated heterocycles. The molecule has 0 saturated carbocycles. The summed E-state index contributed by atoms with van der Waals surface area (Å²) in [6.45, 7) is 3.77. The maximum absolute atomic E-state index is 13.7. The first-order valence-electron chi connectivity index (χ1n) is 7.12. The minimum atomic E-state index is -0.594. The Kier molecular flexibility index (Phi) is 7.27. The smallest absolute Gasteiger partial charge is 0.254 e. The molecule has 5 nitrogen and oxygen atoms in total. The molecule has 1 unspecified atom stereocenters. The number of amides is 2. The first-order valence-corrected chi connectivity index (χ1v) is 7.12. The molecule has 0 radical (unpaired) electrons. The third kappa shape index (κ3) is 5.27. The summed E-state index contributed by atoms with van der Waals surface area (Å²) in [7, 11) is 0. The van der Waals surface area contributed by atoms with E-state index < -0.39 is 11.7 Å². The van der Waals surface area contributed by atoms with Crippen LogP contribution < -0.4 is 16.0 Å². The molecule has 0 spiro atoms. The zero-order chi connectivity index (χ0) is 15.2. The average molecular weight is 330 g/mol. The van der Waals surface area contributed by atoms with E-state index in [-0.39, 0.29) is 23.9 Å². The van der Waals surface area contributed by atoms with Crippen molar-refractivity contribution in [3.63, 3.8) is 0 Å². The second-order valence-corrected chi connectivity index (χ2v) is 5.30. The van der Waals surface area contributed by atoms with Crippen molar-refractivity contribution in [3.05, 3.63) is 29.6 Å². The summed E-state index contributed by atoms with van der Waals surface area (Å²) in [6, 6.07) is 3.96. The molecule has 1 fully saturated rings. The molecule has 7 heteroatoms. The normalized spacial score (nSPS) is 17.3. The van der Waals surface area contributed by atoms with E-state index >= 15 is 0 Å². The molecule has 0 bridgehead atoms. The van der Waals surface area contributed by atoms with E-state index in [2.05, 4.69) is 16.0 Å². The van der Waals surface area contributed by atoms with Crippen molar-refractivity contribution in [2.24, 2.45) is 5.92 Å². The Hall–Kier alpha value is -1.66. The summed E-state index contributed by atoms with van der Waals surface area (Å²) in [5, 5.41) is 8.56. The van der Waals surface area contributed by atoms with Crippen LogP contribution in [0, 0.1) is 11.7 Å². The molecule has 1 aliphatic rings. The van der Waals surface area contributed by atoms with Crippen LogP contribution in [-0.4, -0.2) is 31.4 Å². The number of hydrogen-bond acceptors (Lipinski definition) is 3. The minimum absolute atomic E-state index is 0. The van der Waals surface area contributed by atoms with E-state index in [4.69, 9.17) is 0 Å². The van der Waals surface area contributed by atoms with E-state index in [9.17, 15) is 14.0 Å². The van der Waals surface area contributed by atoms with Crippen LogP contribution in [0.4, 0.5) is 10.1 Å². The van der Waals surface area contributed by atoms with E-state index in [1.807, 2.05) is 0 Å². The summed E-state index contributed by atoms with van der Waals surface area (Å²) in [4.78, 5) is 23.1. The molecule has 2 amide bonds. The molecule has 0 aliphatic carbocycles. The van der Waals surface area contributed by atoms with Gasteiger partial charge in [0.25, 0.3) is 5.91 Å². The fourth-order valence-electron chi connectivity index (χ4n) is 2.41. The number of anilines is 1. The van der Waals surface area contributed by atoms with Crippen LogP contribution in [0.2, 0.25) is 0 Å². The van der Waals surface area contributed by atoms with Crippen LogP contribution in [0.1, 0.15) is 30.1 Å². The molecule has 122 valence electrons. The third-order valence-corrected chi connectivity index (χ3v) is 3.48. The first kappa shape index (κ1) is 18.4. The predicted molar refractivity (Wildman–Crippen MR) is 85.9 cm³/mol. The lowest BCUT2D eigenvalue weighted by Gasteiger charge is -2.22. The standard InChI is InChI=1S/C15H20FN3O2.ClH/c1-10(20)19-12-4-5-14(16)13(7-12)15(21)18-9-11-3-2-6-17-8-11;/h4-5,7,11,17H,2-3,6,8-9H2,1H3,(H,18,21)(H,19,20);1H. The van der Waals surface area contributed by atoms with Gasteiger partial charge in [-0.25, -0.2) is 4.39 Å². The van der Waals surface area contributed by atoms with Crippen LogP contribution in [-0.2, 0) is 4.79 Å². The Balaban J connectivity index is 0.00000242. The molecule has 1 aliphatic heterocycles. The monoisotopic (exact) mass is 329 g/mol. The van der Waals surface area contributed by atoms with Gasteiger partial charge in [0.2, 0.25) is 5.91 Å². The number of carbonyl (C=O) groups is 2. The van der Waals surface area contributed by atoms with E-state index in [1.54, 1.807) is 0 Å². The quantitative estimate of drug-likeness (QED) is 0.790. The van der Waals surface area contributed by atoms with Gasteiger partial charge in [-0.15, -0.1) is 12.4 Å². The van der Waals surface area contributed by atoms with Crippen LogP contribution in [0.5, 0.6) is 0 Å². The molecule has 1 heterocycles. The summed E-state index contributed by atoms with van der Waals surface area (Å²) in [5.41, 5.74) is 0.360. The fourth-order valence-corrected chi connectivity index (χ4v) is 2.41. The highest BCUT2D eigenvalue weighted by atomic mass is 35.5. The number of piperidine rings is 1. The van der Waals surface area contributed by atoms with Crippen molar-refractivity contribution in [2.45, 2.75) is 19.8 Å². The second-order valence-electron chi connectivity index (χ2n) is 5.30. The topological polar surface area (TPSA) is 70.2 Å². The van der Waals surface area contributed by atoms with Crippen molar-refractivity contribution >= 4 is 29.9 Å². The zero-order valence-corrected chi connectivity index (χ0v) is 13.3. The molecular weight excluding hydrogens is 309 g/mol. The molecule has 0 aromatic heterocycles. The molecule has 1 aromatic carbocycles. The Morgan fingerprint density at radius 1 is 1.41 bits per heavy atom. The largest absolute Gasteiger partial charge is 0.352 e. The van der Waals surface area contributed by atoms with E-state index in [1.165, 1.54) is 25.1 Å². The number of carbonyl (C=O) groups excluding carboxylic acids is 2. The van der Waals surface area contributed by atoms with Crippen molar-refractivity contribution in [1.29, 1.82) is 0 Å². The predicted octanol–water partition coefficient (Wildman–Crippen LogP) is 1.94. The van der Waals surface area contributed by atoms with Gasteiger partial charge in [-0.05, 0) is 50.0 Å². The molecule has 1 aromatic rings. The van der Waals surface area contributed by atoms with Crippen molar-refractivity contribution in [3.8, 4) is 0 Å². The van der Waals surface area contributed by atoms with Gasteiger partial charge < -0.3 is 16.0 Å². The van der Waals surface area contributed by atoms with Crippen LogP contribution in [0.15, 0.2) is 18.2 Å². The summed E-state index contributed by atoms with van der Waals surface area (Å²) < 4.78 is 13.7. The Labute approximate surface area is 135 Å². The van der Waals surface area contributed by atoms with Gasteiger partial charge in [0.05, 0.1) is 5.56 Å². The van der Waals surface area contributed by atoms with Crippen molar-refractivity contribution in [2.75, 3.05) is 25.0 Å². The lowest BCUT2D eigenvalue weighted by Crippen LogP contribution is -2.38. The number of rotatable bonds is 4. The Morgan fingerprint density at radius 2 is 2.18 bits per heavy atom. The van der Waals surface area contributed by atoms with Gasteiger partial charge in [-0.3, -0.25) is 9.59 Å². The summed E-state index contributed by atoms with van der Waals surface area (Å²) in [6.07, 6.45) is 2.15. The highest BCUT2D eigenvalue weighted by Gasteiger charge is 2.17. The van der Waals surface area contributed by atoms with Crippen molar-refractivity contribution in [1.82, 2.24) is 10.6 Å². The maximum Gasteiger partial charge on any atom is 0.254 e. The lowest BCUT2D eigenvalue weighted by molar-refractivity contribution is -0.114. The van der Waals surface area contributed by atoms with Gasteiger partial charge >= 0.3 is 0 Å². The van der Waals surface area contributed by atoms with Crippen LogP contribution in [0.25, 0.3) is 0 Å². The van der Waals surface area contributed by atoms with Crippen LogP contribution >= 0.6 is 12.4 Å². The first-order chi connectivity index (χ1) is 10.1. The molecule has 22 heavy (non-hydrogen) atoms. The SMILES string of the molecule is CC(=O)Nc1ccc(F)c(C(=O)NCC2CCCNC2)c1.Cl. The number of halogens is 2. The van der Waals surface area contributed by atoms with Gasteiger partial charge in [-0.1, -0.05) is 0 Å². The molecular formula is C15H21ClFN3O2.